The number of anilines is 1. The Morgan fingerprint density at radius 2 is 2.20 bits per heavy atom. The predicted molar refractivity (Wildman–Crippen MR) is 75.8 cm³/mol. The Morgan fingerprint density at radius 3 is 2.85 bits per heavy atom. The van der Waals surface area contributed by atoms with Crippen LogP contribution in [-0.4, -0.2) is 55.9 Å². The largest absolute Gasteiger partial charge is 0.382 e. The van der Waals surface area contributed by atoms with Crippen LogP contribution in [0.2, 0.25) is 0 Å². The molecule has 0 fully saturated rings. The monoisotopic (exact) mass is 282 g/mol. The number of carbonyl (C=O) groups excluding carboxylic acids is 1. The summed E-state index contributed by atoms with van der Waals surface area (Å²) in [6.45, 7) is 3.62. The number of amides is 1. The van der Waals surface area contributed by atoms with Gasteiger partial charge in [-0.25, -0.2) is 4.98 Å². The van der Waals surface area contributed by atoms with Crippen LogP contribution in [0.5, 0.6) is 0 Å². The lowest BCUT2D eigenvalue weighted by atomic mass is 10.3. The number of nitrogens with zero attached hydrogens (tertiary/aromatic N) is 2. The van der Waals surface area contributed by atoms with E-state index in [1.807, 2.05) is 0 Å². The molecule has 0 saturated heterocycles. The Morgan fingerprint density at radius 1 is 1.40 bits per heavy atom. The molecule has 0 aliphatic carbocycles. The van der Waals surface area contributed by atoms with Gasteiger partial charge in [0, 0.05) is 27.3 Å². The summed E-state index contributed by atoms with van der Waals surface area (Å²) in [6.07, 6.45) is 3.82. The maximum atomic E-state index is 12.0. The van der Waals surface area contributed by atoms with Crippen LogP contribution in [0.3, 0.4) is 0 Å². The molecule has 7 nitrogen and oxygen atoms in total. The molecule has 7 heteroatoms. The van der Waals surface area contributed by atoms with Crippen LogP contribution in [-0.2, 0) is 9.47 Å². The standard InChI is InChI=1S/C13H22N4O3/c1-4-5-15-12-8-14-7-11(17-12)13(18)16-6-10(20-3)9-19-2/h7-8,10H,4-6,9H2,1-3H3,(H,15,17)(H,16,18). The third-order valence-electron chi connectivity index (χ3n) is 2.60. The van der Waals surface area contributed by atoms with Gasteiger partial charge in [0.25, 0.3) is 5.91 Å². The Labute approximate surface area is 119 Å². The van der Waals surface area contributed by atoms with E-state index >= 15 is 0 Å². The Bertz CT molecular complexity index is 414. The zero-order valence-corrected chi connectivity index (χ0v) is 12.2. The van der Waals surface area contributed by atoms with Gasteiger partial charge in [-0.1, -0.05) is 6.92 Å². The minimum absolute atomic E-state index is 0.182. The fraction of sp³-hybridized carbons (Fsp3) is 0.615. The lowest BCUT2D eigenvalue weighted by Gasteiger charge is -2.14. The van der Waals surface area contributed by atoms with Gasteiger partial charge in [-0.3, -0.25) is 9.78 Å². The Kier molecular flexibility index (Phi) is 7.52. The summed E-state index contributed by atoms with van der Waals surface area (Å²) < 4.78 is 10.1. The van der Waals surface area contributed by atoms with Crippen LogP contribution in [0.25, 0.3) is 0 Å². The van der Waals surface area contributed by atoms with E-state index in [1.54, 1.807) is 20.4 Å². The molecule has 20 heavy (non-hydrogen) atoms. The van der Waals surface area contributed by atoms with Gasteiger partial charge in [0.2, 0.25) is 0 Å². The first-order valence-electron chi connectivity index (χ1n) is 6.57. The van der Waals surface area contributed by atoms with Crippen molar-refractivity contribution in [3.63, 3.8) is 0 Å². The molecule has 0 aliphatic heterocycles. The minimum atomic E-state index is -0.282. The zero-order chi connectivity index (χ0) is 14.8. The summed E-state index contributed by atoms with van der Waals surface area (Å²) in [6, 6.07) is 0. The first-order valence-corrected chi connectivity index (χ1v) is 6.57. The lowest BCUT2D eigenvalue weighted by molar-refractivity contribution is 0.0285. The summed E-state index contributed by atoms with van der Waals surface area (Å²) in [7, 11) is 3.16. The number of hydrogen-bond acceptors (Lipinski definition) is 6. The van der Waals surface area contributed by atoms with E-state index < -0.39 is 0 Å². The first-order chi connectivity index (χ1) is 9.71. The first kappa shape index (κ1) is 16.3. The third kappa shape index (κ3) is 5.50. The molecule has 0 spiro atoms. The fourth-order valence-corrected chi connectivity index (χ4v) is 1.51. The van der Waals surface area contributed by atoms with E-state index in [9.17, 15) is 4.79 Å². The molecule has 2 N–H and O–H groups in total. The maximum Gasteiger partial charge on any atom is 0.271 e. The van der Waals surface area contributed by atoms with E-state index in [4.69, 9.17) is 9.47 Å². The summed E-state index contributed by atoms with van der Waals surface area (Å²) in [5, 5.41) is 5.83. The third-order valence-corrected chi connectivity index (χ3v) is 2.60. The molecule has 1 atom stereocenters. The molecule has 1 aromatic heterocycles. The number of rotatable bonds is 9. The highest BCUT2D eigenvalue weighted by molar-refractivity contribution is 5.92. The average molecular weight is 282 g/mol. The van der Waals surface area contributed by atoms with Crippen molar-refractivity contribution < 1.29 is 14.3 Å². The number of ether oxygens (including phenoxy) is 2. The van der Waals surface area contributed by atoms with Crippen molar-refractivity contribution in [2.45, 2.75) is 19.4 Å². The van der Waals surface area contributed by atoms with Gasteiger partial charge in [-0.15, -0.1) is 0 Å². The van der Waals surface area contributed by atoms with Crippen molar-refractivity contribution in [2.24, 2.45) is 0 Å². The highest BCUT2D eigenvalue weighted by atomic mass is 16.5. The number of hydrogen-bond donors (Lipinski definition) is 2. The van der Waals surface area contributed by atoms with Crippen LogP contribution in [0, 0.1) is 0 Å². The second-order valence-electron chi connectivity index (χ2n) is 4.24. The lowest BCUT2D eigenvalue weighted by Crippen LogP contribution is -2.36. The normalized spacial score (nSPS) is 11.9. The van der Waals surface area contributed by atoms with E-state index in [-0.39, 0.29) is 17.7 Å². The van der Waals surface area contributed by atoms with Crippen molar-refractivity contribution in [1.82, 2.24) is 15.3 Å². The van der Waals surface area contributed by atoms with E-state index in [0.717, 1.165) is 13.0 Å². The molecule has 1 unspecified atom stereocenters. The summed E-state index contributed by atoms with van der Waals surface area (Å²) in [4.78, 5) is 20.2. The van der Waals surface area contributed by atoms with Crippen molar-refractivity contribution >= 4 is 11.7 Å². The summed E-state index contributed by atoms with van der Waals surface area (Å²) in [5.74, 6) is 0.315. The SMILES string of the molecule is CCCNc1cncc(C(=O)NCC(COC)OC)n1. The summed E-state index contributed by atoms with van der Waals surface area (Å²) in [5.41, 5.74) is 0.276. The average Bonchev–Trinajstić information content (AvgIpc) is 2.49. The molecular formula is C13H22N4O3. The number of aromatic nitrogens is 2. The second-order valence-corrected chi connectivity index (χ2v) is 4.24. The molecule has 0 bridgehead atoms. The summed E-state index contributed by atoms with van der Waals surface area (Å²) >= 11 is 0. The van der Waals surface area contributed by atoms with Gasteiger partial charge in [-0.05, 0) is 6.42 Å². The molecule has 0 radical (unpaired) electrons. The van der Waals surface area contributed by atoms with E-state index in [0.29, 0.717) is 19.0 Å². The second kappa shape index (κ2) is 9.22. The molecule has 1 amide bonds. The van der Waals surface area contributed by atoms with Crippen LogP contribution in [0.15, 0.2) is 12.4 Å². The van der Waals surface area contributed by atoms with Crippen molar-refractivity contribution in [3.8, 4) is 0 Å². The Hall–Kier alpha value is -1.73. The van der Waals surface area contributed by atoms with Gasteiger partial charge in [0.15, 0.2) is 0 Å². The van der Waals surface area contributed by atoms with Gasteiger partial charge in [0.05, 0.1) is 25.1 Å². The fourth-order valence-electron chi connectivity index (χ4n) is 1.51. The quantitative estimate of drug-likeness (QED) is 0.693. The molecule has 1 aromatic rings. The van der Waals surface area contributed by atoms with Gasteiger partial charge in [-0.2, -0.15) is 0 Å². The highest BCUT2D eigenvalue weighted by Gasteiger charge is 2.12. The van der Waals surface area contributed by atoms with Crippen molar-refractivity contribution in [1.29, 1.82) is 0 Å². The molecule has 0 aromatic carbocycles. The molecule has 0 aliphatic rings. The smallest absolute Gasteiger partial charge is 0.271 e. The highest BCUT2D eigenvalue weighted by Crippen LogP contribution is 2.02. The minimum Gasteiger partial charge on any atom is -0.382 e. The van der Waals surface area contributed by atoms with E-state index in [1.165, 1.54) is 6.20 Å². The molecule has 1 heterocycles. The number of nitrogens with one attached hydrogen (secondary N) is 2. The number of carbonyl (C=O) groups is 1. The van der Waals surface area contributed by atoms with Crippen LogP contribution < -0.4 is 10.6 Å². The predicted octanol–water partition coefficient (Wildman–Crippen LogP) is 0.690. The van der Waals surface area contributed by atoms with Crippen molar-refractivity contribution in [2.75, 3.05) is 39.2 Å². The van der Waals surface area contributed by atoms with Crippen LogP contribution >= 0.6 is 0 Å². The van der Waals surface area contributed by atoms with E-state index in [2.05, 4.69) is 27.5 Å². The topological polar surface area (TPSA) is 85.4 Å². The van der Waals surface area contributed by atoms with Crippen LogP contribution in [0.4, 0.5) is 5.82 Å². The molecule has 1 rings (SSSR count). The molecule has 0 saturated carbocycles. The van der Waals surface area contributed by atoms with Crippen LogP contribution in [0.1, 0.15) is 23.8 Å². The van der Waals surface area contributed by atoms with Gasteiger partial charge < -0.3 is 20.1 Å². The molecule has 112 valence electrons. The maximum absolute atomic E-state index is 12.0. The zero-order valence-electron chi connectivity index (χ0n) is 12.2. The van der Waals surface area contributed by atoms with Crippen molar-refractivity contribution in [3.05, 3.63) is 18.1 Å². The molecular weight excluding hydrogens is 260 g/mol. The number of methoxy groups -OCH3 is 2. The Balaban J connectivity index is 2.54. The van der Waals surface area contributed by atoms with Gasteiger partial charge in [0.1, 0.15) is 11.5 Å². The van der Waals surface area contributed by atoms with Gasteiger partial charge >= 0.3 is 0 Å².